The van der Waals surface area contributed by atoms with E-state index in [1.54, 1.807) is 0 Å². The van der Waals surface area contributed by atoms with E-state index in [0.29, 0.717) is 13.0 Å². The van der Waals surface area contributed by atoms with Gasteiger partial charge in [-0.2, -0.15) is 5.10 Å². The summed E-state index contributed by atoms with van der Waals surface area (Å²) >= 11 is 0. The Hall–Kier alpha value is -1.42. The molecule has 80 valence electrons. The summed E-state index contributed by atoms with van der Waals surface area (Å²) in [6.07, 6.45) is 4.33. The number of fused-ring (bicyclic) bond motifs is 1. The van der Waals surface area contributed by atoms with Crippen molar-refractivity contribution in [3.63, 3.8) is 0 Å². The lowest BCUT2D eigenvalue weighted by Crippen LogP contribution is -2.14. The van der Waals surface area contributed by atoms with E-state index in [0.717, 1.165) is 17.6 Å². The smallest absolute Gasteiger partial charge is 0.0906 e. The average Bonchev–Trinajstić information content (AvgIpc) is 2.68. The van der Waals surface area contributed by atoms with Crippen molar-refractivity contribution in [2.24, 2.45) is 0 Å². The van der Waals surface area contributed by atoms with Crippen LogP contribution in [0.3, 0.4) is 0 Å². The maximum atomic E-state index is 11.9. The van der Waals surface area contributed by atoms with Gasteiger partial charge in [0.2, 0.25) is 0 Å². The third-order valence-corrected chi connectivity index (χ3v) is 2.31. The van der Waals surface area contributed by atoms with Gasteiger partial charge in [0.15, 0.2) is 0 Å². The van der Waals surface area contributed by atoms with E-state index in [-0.39, 0.29) is 6.67 Å². The Morgan fingerprint density at radius 3 is 3.20 bits per heavy atom. The number of hydrogen-bond acceptors (Lipinski definition) is 2. The van der Waals surface area contributed by atoms with Crippen LogP contribution in [0.4, 0.5) is 4.39 Å². The van der Waals surface area contributed by atoms with E-state index in [9.17, 15) is 4.39 Å². The highest BCUT2D eigenvalue weighted by Gasteiger charge is 2.01. The molecule has 15 heavy (non-hydrogen) atoms. The van der Waals surface area contributed by atoms with E-state index in [1.165, 1.54) is 0 Å². The molecular weight excluding hydrogens is 193 g/mol. The lowest BCUT2D eigenvalue weighted by atomic mass is 10.2. The van der Waals surface area contributed by atoms with Crippen LogP contribution in [-0.2, 0) is 6.54 Å². The second kappa shape index (κ2) is 4.89. The molecule has 2 aromatic rings. The topological polar surface area (TPSA) is 29.3 Å². The molecule has 0 aliphatic rings. The van der Waals surface area contributed by atoms with E-state index in [2.05, 4.69) is 10.4 Å². The number of nitrogens with one attached hydrogen (secondary N) is 1. The standard InChI is InChI=1S/C11H14FN3/c12-5-3-6-13-8-10-9-14-15-7-2-1-4-11(10)15/h1-2,4,7,9,13H,3,5-6,8H2. The van der Waals surface area contributed by atoms with Crippen LogP contribution < -0.4 is 5.32 Å². The van der Waals surface area contributed by atoms with Gasteiger partial charge in [0.05, 0.1) is 18.4 Å². The fourth-order valence-electron chi connectivity index (χ4n) is 1.54. The van der Waals surface area contributed by atoms with Crippen molar-refractivity contribution in [1.29, 1.82) is 0 Å². The fraction of sp³-hybridized carbons (Fsp3) is 0.364. The molecule has 0 aliphatic heterocycles. The Kier molecular flexibility index (Phi) is 3.29. The molecule has 0 aliphatic carbocycles. The molecule has 0 radical (unpaired) electrons. The van der Waals surface area contributed by atoms with Crippen molar-refractivity contribution in [2.75, 3.05) is 13.2 Å². The normalized spacial score (nSPS) is 11.0. The minimum absolute atomic E-state index is 0.262. The van der Waals surface area contributed by atoms with Crippen molar-refractivity contribution < 1.29 is 4.39 Å². The quantitative estimate of drug-likeness (QED) is 0.757. The molecule has 0 fully saturated rings. The zero-order valence-electron chi connectivity index (χ0n) is 8.49. The van der Waals surface area contributed by atoms with Gasteiger partial charge in [0, 0.05) is 18.3 Å². The van der Waals surface area contributed by atoms with Gasteiger partial charge < -0.3 is 5.32 Å². The first-order chi connectivity index (χ1) is 7.42. The minimum atomic E-state index is -0.262. The molecule has 0 unspecified atom stereocenters. The number of alkyl halides is 1. The summed E-state index contributed by atoms with van der Waals surface area (Å²) in [6, 6.07) is 5.96. The van der Waals surface area contributed by atoms with Gasteiger partial charge in [-0.25, -0.2) is 4.52 Å². The highest BCUT2D eigenvalue weighted by atomic mass is 19.1. The Balaban J connectivity index is 2.02. The van der Waals surface area contributed by atoms with Gasteiger partial charge in [-0.1, -0.05) is 6.07 Å². The van der Waals surface area contributed by atoms with E-state index in [4.69, 9.17) is 0 Å². The molecule has 0 aromatic carbocycles. The van der Waals surface area contributed by atoms with Crippen LogP contribution in [0.2, 0.25) is 0 Å². The zero-order chi connectivity index (χ0) is 10.5. The zero-order valence-corrected chi connectivity index (χ0v) is 8.49. The summed E-state index contributed by atoms with van der Waals surface area (Å²) in [5.41, 5.74) is 2.25. The second-order valence-electron chi connectivity index (χ2n) is 3.42. The monoisotopic (exact) mass is 207 g/mol. The first-order valence-electron chi connectivity index (χ1n) is 5.10. The van der Waals surface area contributed by atoms with E-state index < -0.39 is 0 Å². The van der Waals surface area contributed by atoms with Gasteiger partial charge in [-0.05, 0) is 25.1 Å². The van der Waals surface area contributed by atoms with Crippen molar-refractivity contribution in [1.82, 2.24) is 14.9 Å². The molecule has 0 amide bonds. The summed E-state index contributed by atoms with van der Waals surface area (Å²) in [7, 11) is 0. The molecule has 2 heterocycles. The Morgan fingerprint density at radius 1 is 1.40 bits per heavy atom. The number of aromatic nitrogens is 2. The van der Waals surface area contributed by atoms with Crippen LogP contribution in [0, 0.1) is 0 Å². The number of nitrogens with zero attached hydrogens (tertiary/aromatic N) is 2. The van der Waals surface area contributed by atoms with Gasteiger partial charge in [0.1, 0.15) is 0 Å². The van der Waals surface area contributed by atoms with Crippen molar-refractivity contribution in [2.45, 2.75) is 13.0 Å². The van der Waals surface area contributed by atoms with Gasteiger partial charge in [-0.3, -0.25) is 4.39 Å². The lowest BCUT2D eigenvalue weighted by molar-refractivity contribution is 0.459. The van der Waals surface area contributed by atoms with E-state index in [1.807, 2.05) is 35.1 Å². The molecule has 1 N–H and O–H groups in total. The molecule has 0 atom stereocenters. The van der Waals surface area contributed by atoms with Crippen LogP contribution in [-0.4, -0.2) is 22.8 Å². The first kappa shape index (κ1) is 10.1. The van der Waals surface area contributed by atoms with Crippen LogP contribution in [0.1, 0.15) is 12.0 Å². The summed E-state index contributed by atoms with van der Waals surface area (Å²) in [6.45, 7) is 1.19. The predicted octanol–water partition coefficient (Wildman–Crippen LogP) is 1.78. The van der Waals surface area contributed by atoms with Gasteiger partial charge in [0.25, 0.3) is 0 Å². The molecule has 0 saturated carbocycles. The minimum Gasteiger partial charge on any atom is -0.312 e. The molecule has 0 bridgehead atoms. The fourth-order valence-corrected chi connectivity index (χ4v) is 1.54. The molecule has 0 saturated heterocycles. The Bertz CT molecular complexity index is 424. The maximum absolute atomic E-state index is 11.9. The number of halogens is 1. The van der Waals surface area contributed by atoms with Crippen molar-refractivity contribution in [3.8, 4) is 0 Å². The summed E-state index contributed by atoms with van der Waals surface area (Å²) < 4.78 is 13.7. The largest absolute Gasteiger partial charge is 0.312 e. The third kappa shape index (κ3) is 2.33. The second-order valence-corrected chi connectivity index (χ2v) is 3.42. The van der Waals surface area contributed by atoms with Crippen molar-refractivity contribution >= 4 is 5.52 Å². The first-order valence-corrected chi connectivity index (χ1v) is 5.10. The lowest BCUT2D eigenvalue weighted by Gasteiger charge is -2.01. The predicted molar refractivity (Wildman–Crippen MR) is 57.5 cm³/mol. The Morgan fingerprint density at radius 2 is 2.33 bits per heavy atom. The molecule has 0 spiro atoms. The number of rotatable bonds is 5. The van der Waals surface area contributed by atoms with Crippen LogP contribution in [0.5, 0.6) is 0 Å². The van der Waals surface area contributed by atoms with Crippen LogP contribution in [0.25, 0.3) is 5.52 Å². The van der Waals surface area contributed by atoms with Gasteiger partial charge >= 0.3 is 0 Å². The molecule has 4 heteroatoms. The molecule has 2 aromatic heterocycles. The van der Waals surface area contributed by atoms with Crippen molar-refractivity contribution in [3.05, 3.63) is 36.2 Å². The third-order valence-electron chi connectivity index (χ3n) is 2.31. The number of pyridine rings is 1. The summed E-state index contributed by atoms with van der Waals surface area (Å²) in [4.78, 5) is 0. The average molecular weight is 207 g/mol. The number of hydrogen-bond donors (Lipinski definition) is 1. The summed E-state index contributed by atoms with van der Waals surface area (Å²) in [5.74, 6) is 0. The van der Waals surface area contributed by atoms with Gasteiger partial charge in [-0.15, -0.1) is 0 Å². The SMILES string of the molecule is FCCCNCc1cnn2ccccc12. The van der Waals surface area contributed by atoms with E-state index >= 15 is 0 Å². The highest BCUT2D eigenvalue weighted by Crippen LogP contribution is 2.08. The molecule has 2 rings (SSSR count). The molecule has 3 nitrogen and oxygen atoms in total. The highest BCUT2D eigenvalue weighted by molar-refractivity contribution is 5.53. The summed E-state index contributed by atoms with van der Waals surface area (Å²) in [5, 5.41) is 7.41. The molecular formula is C11H14FN3. The van der Waals surface area contributed by atoms with Crippen LogP contribution in [0.15, 0.2) is 30.6 Å². The van der Waals surface area contributed by atoms with Crippen LogP contribution >= 0.6 is 0 Å². The Labute approximate surface area is 87.9 Å². The maximum Gasteiger partial charge on any atom is 0.0906 e.